The Kier molecular flexibility index (Phi) is 8.03. The average Bonchev–Trinajstić information content (AvgIpc) is 3.41. The highest BCUT2D eigenvalue weighted by atomic mass is 16.5. The lowest BCUT2D eigenvalue weighted by atomic mass is 10.0. The number of aliphatic imine (C=N–C) groups is 1. The normalized spacial score (nSPS) is 16.5. The van der Waals surface area contributed by atoms with Gasteiger partial charge in [0.05, 0.1) is 27.5 Å². The Balaban J connectivity index is 1.65. The number of guanidine groups is 1. The molecule has 31 heavy (non-hydrogen) atoms. The topological polar surface area (TPSA) is 73.1 Å². The predicted octanol–water partition coefficient (Wildman–Crippen LogP) is 2.52. The highest BCUT2D eigenvalue weighted by molar-refractivity contribution is 5.80. The summed E-state index contributed by atoms with van der Waals surface area (Å²) in [7, 11) is 6.93. The minimum atomic E-state index is 0.620. The van der Waals surface area contributed by atoms with Crippen LogP contribution in [0.4, 0.5) is 0 Å². The maximum Gasteiger partial charge on any atom is 0.193 e. The second-order valence-corrected chi connectivity index (χ2v) is 7.82. The van der Waals surface area contributed by atoms with Crippen molar-refractivity contribution < 1.29 is 14.2 Å². The molecule has 1 fully saturated rings. The van der Waals surface area contributed by atoms with Crippen molar-refractivity contribution in [3.05, 3.63) is 35.7 Å². The highest BCUT2D eigenvalue weighted by Gasteiger charge is 2.25. The number of likely N-dealkylation sites (tertiary alicyclic amines) is 1. The van der Waals surface area contributed by atoms with Crippen molar-refractivity contribution in [3.63, 3.8) is 0 Å². The first-order chi connectivity index (χ1) is 15.1. The standard InChI is InChI=1S/C23H35N5O3/c1-6-24-23(28-10-8-17(16-28)11-18-14-26-27(2)15-18)25-9-7-20-21(30-4)12-19(29-3)13-22(20)31-5/h12-15,17H,6-11,16H2,1-5H3,(H,24,25). The molecule has 0 saturated carbocycles. The van der Waals surface area contributed by atoms with E-state index in [-0.39, 0.29) is 0 Å². The first-order valence-corrected chi connectivity index (χ1v) is 10.9. The van der Waals surface area contributed by atoms with Crippen molar-refractivity contribution in [2.75, 3.05) is 47.5 Å². The van der Waals surface area contributed by atoms with E-state index in [4.69, 9.17) is 19.2 Å². The van der Waals surface area contributed by atoms with E-state index >= 15 is 0 Å². The van der Waals surface area contributed by atoms with Gasteiger partial charge in [0.2, 0.25) is 0 Å². The van der Waals surface area contributed by atoms with Gasteiger partial charge in [-0.15, -0.1) is 0 Å². The van der Waals surface area contributed by atoms with E-state index in [0.717, 1.165) is 55.5 Å². The maximum absolute atomic E-state index is 5.57. The maximum atomic E-state index is 5.57. The molecule has 1 aromatic heterocycles. The zero-order valence-corrected chi connectivity index (χ0v) is 19.4. The third-order valence-electron chi connectivity index (χ3n) is 5.64. The molecule has 1 aromatic carbocycles. The Morgan fingerprint density at radius 2 is 1.94 bits per heavy atom. The van der Waals surface area contributed by atoms with Crippen LogP contribution in [0.1, 0.15) is 24.5 Å². The second-order valence-electron chi connectivity index (χ2n) is 7.82. The van der Waals surface area contributed by atoms with E-state index in [1.165, 1.54) is 12.0 Å². The van der Waals surface area contributed by atoms with Gasteiger partial charge in [-0.2, -0.15) is 5.10 Å². The SMILES string of the molecule is CCNC(=NCCc1c(OC)cc(OC)cc1OC)N1CCC(Cc2cnn(C)c2)C1. The van der Waals surface area contributed by atoms with Gasteiger partial charge >= 0.3 is 0 Å². The molecule has 1 saturated heterocycles. The van der Waals surface area contributed by atoms with Crippen molar-refractivity contribution >= 4 is 5.96 Å². The molecule has 0 radical (unpaired) electrons. The fourth-order valence-electron chi connectivity index (χ4n) is 4.13. The van der Waals surface area contributed by atoms with Gasteiger partial charge in [0.15, 0.2) is 5.96 Å². The molecule has 1 aliphatic rings. The molecule has 0 aliphatic carbocycles. The number of hydrogen-bond acceptors (Lipinski definition) is 5. The van der Waals surface area contributed by atoms with Crippen LogP contribution in [-0.2, 0) is 19.9 Å². The quantitative estimate of drug-likeness (QED) is 0.488. The number of ether oxygens (including phenoxy) is 3. The number of nitrogens with one attached hydrogen (secondary N) is 1. The molecule has 0 spiro atoms. The third kappa shape index (κ3) is 5.83. The number of methoxy groups -OCH3 is 3. The Bertz CT molecular complexity index is 855. The van der Waals surface area contributed by atoms with Crippen LogP contribution in [-0.4, -0.2) is 68.1 Å². The zero-order valence-electron chi connectivity index (χ0n) is 19.4. The second kappa shape index (κ2) is 10.9. The molecule has 0 bridgehead atoms. The third-order valence-corrected chi connectivity index (χ3v) is 5.64. The van der Waals surface area contributed by atoms with Crippen molar-refractivity contribution in [2.45, 2.75) is 26.2 Å². The monoisotopic (exact) mass is 429 g/mol. The van der Waals surface area contributed by atoms with Gasteiger partial charge in [-0.1, -0.05) is 0 Å². The van der Waals surface area contributed by atoms with Gasteiger partial charge in [0.25, 0.3) is 0 Å². The average molecular weight is 430 g/mol. The lowest BCUT2D eigenvalue weighted by Gasteiger charge is -2.22. The predicted molar refractivity (Wildman–Crippen MR) is 122 cm³/mol. The fraction of sp³-hybridized carbons (Fsp3) is 0.565. The molecule has 1 unspecified atom stereocenters. The Morgan fingerprint density at radius 3 is 2.52 bits per heavy atom. The summed E-state index contributed by atoms with van der Waals surface area (Å²) >= 11 is 0. The van der Waals surface area contributed by atoms with E-state index in [9.17, 15) is 0 Å². The lowest BCUT2D eigenvalue weighted by Crippen LogP contribution is -2.40. The molecule has 2 aromatic rings. The number of nitrogens with zero attached hydrogens (tertiary/aromatic N) is 4. The summed E-state index contributed by atoms with van der Waals surface area (Å²) in [6.07, 6.45) is 7.02. The molecule has 8 nitrogen and oxygen atoms in total. The van der Waals surface area contributed by atoms with Gasteiger partial charge in [0, 0.05) is 57.1 Å². The lowest BCUT2D eigenvalue weighted by molar-refractivity contribution is 0.369. The van der Waals surface area contributed by atoms with Crippen LogP contribution in [0.3, 0.4) is 0 Å². The zero-order chi connectivity index (χ0) is 22.2. The summed E-state index contributed by atoms with van der Waals surface area (Å²) < 4.78 is 18.3. The van der Waals surface area contributed by atoms with E-state index in [1.54, 1.807) is 21.3 Å². The van der Waals surface area contributed by atoms with Crippen LogP contribution < -0.4 is 19.5 Å². The molecule has 170 valence electrons. The van der Waals surface area contributed by atoms with E-state index in [0.29, 0.717) is 18.2 Å². The largest absolute Gasteiger partial charge is 0.496 e. The Labute approximate surface area is 185 Å². The molecule has 0 amide bonds. The first kappa shape index (κ1) is 22.8. The van der Waals surface area contributed by atoms with Gasteiger partial charge in [-0.3, -0.25) is 9.67 Å². The van der Waals surface area contributed by atoms with Gasteiger partial charge < -0.3 is 24.4 Å². The van der Waals surface area contributed by atoms with Crippen molar-refractivity contribution in [2.24, 2.45) is 18.0 Å². The molecule has 1 N–H and O–H groups in total. The van der Waals surface area contributed by atoms with Crippen molar-refractivity contribution in [1.29, 1.82) is 0 Å². The number of aryl methyl sites for hydroxylation is 1. The van der Waals surface area contributed by atoms with Crippen LogP contribution in [0.5, 0.6) is 17.2 Å². The summed E-state index contributed by atoms with van der Waals surface area (Å²) in [6, 6.07) is 3.77. The molecule has 3 rings (SSSR count). The van der Waals surface area contributed by atoms with Gasteiger partial charge in [-0.05, 0) is 37.7 Å². The van der Waals surface area contributed by atoms with Crippen LogP contribution >= 0.6 is 0 Å². The smallest absolute Gasteiger partial charge is 0.193 e. The van der Waals surface area contributed by atoms with E-state index < -0.39 is 0 Å². The summed E-state index contributed by atoms with van der Waals surface area (Å²) in [5, 5.41) is 7.74. The van der Waals surface area contributed by atoms with Crippen molar-refractivity contribution in [3.8, 4) is 17.2 Å². The molecular formula is C23H35N5O3. The van der Waals surface area contributed by atoms with Crippen LogP contribution in [0.25, 0.3) is 0 Å². The fourth-order valence-corrected chi connectivity index (χ4v) is 4.13. The molecule has 8 heteroatoms. The van der Waals surface area contributed by atoms with E-state index in [1.807, 2.05) is 30.1 Å². The minimum Gasteiger partial charge on any atom is -0.496 e. The number of aromatic nitrogens is 2. The summed E-state index contributed by atoms with van der Waals surface area (Å²) in [4.78, 5) is 7.27. The molecule has 1 aliphatic heterocycles. The van der Waals surface area contributed by atoms with Gasteiger partial charge in [-0.25, -0.2) is 0 Å². The van der Waals surface area contributed by atoms with E-state index in [2.05, 4.69) is 28.4 Å². The Morgan fingerprint density at radius 1 is 1.19 bits per heavy atom. The number of hydrogen-bond donors (Lipinski definition) is 1. The highest BCUT2D eigenvalue weighted by Crippen LogP contribution is 2.34. The number of rotatable bonds is 9. The Hall–Kier alpha value is -2.90. The number of benzene rings is 1. The van der Waals surface area contributed by atoms with Crippen LogP contribution in [0, 0.1) is 5.92 Å². The summed E-state index contributed by atoms with van der Waals surface area (Å²) in [6.45, 7) is 5.62. The van der Waals surface area contributed by atoms with Crippen molar-refractivity contribution in [1.82, 2.24) is 20.0 Å². The first-order valence-electron chi connectivity index (χ1n) is 10.9. The van der Waals surface area contributed by atoms with Gasteiger partial charge in [0.1, 0.15) is 17.2 Å². The minimum absolute atomic E-state index is 0.620. The summed E-state index contributed by atoms with van der Waals surface area (Å²) in [5.41, 5.74) is 2.30. The molecule has 2 heterocycles. The van der Waals surface area contributed by atoms with Crippen LogP contribution in [0.2, 0.25) is 0 Å². The summed E-state index contributed by atoms with van der Waals surface area (Å²) in [5.74, 6) is 3.83. The molecule has 1 atom stereocenters. The molecular weight excluding hydrogens is 394 g/mol. The van der Waals surface area contributed by atoms with Crippen LogP contribution in [0.15, 0.2) is 29.5 Å².